The molecule has 168 valence electrons. The van der Waals surface area contributed by atoms with Crippen molar-refractivity contribution in [2.45, 2.75) is 38.8 Å². The van der Waals surface area contributed by atoms with Crippen LogP contribution in [0.15, 0.2) is 30.7 Å². The van der Waals surface area contributed by atoms with Crippen molar-refractivity contribution in [1.82, 2.24) is 20.0 Å². The summed E-state index contributed by atoms with van der Waals surface area (Å²) in [4.78, 5) is 34.5. The molecule has 0 saturated carbocycles. The minimum Gasteiger partial charge on any atom is -0.286 e. The second-order valence-corrected chi connectivity index (χ2v) is 6.79. The minimum absolute atomic E-state index is 0.0924. The Bertz CT molecular complexity index is 882. The van der Waals surface area contributed by atoms with Gasteiger partial charge in [-0.1, -0.05) is 26.2 Å². The van der Waals surface area contributed by atoms with Crippen LogP contribution in [-0.2, 0) is 15.8 Å². The lowest BCUT2D eigenvalue weighted by Gasteiger charge is -2.26. The molecule has 0 aliphatic heterocycles. The highest BCUT2D eigenvalue weighted by Crippen LogP contribution is 2.33. The van der Waals surface area contributed by atoms with Gasteiger partial charge in [-0.25, -0.2) is 25.9 Å². The van der Waals surface area contributed by atoms with E-state index in [1.165, 1.54) is 24.5 Å². The van der Waals surface area contributed by atoms with Crippen molar-refractivity contribution in [2.75, 3.05) is 11.6 Å². The van der Waals surface area contributed by atoms with Crippen LogP contribution in [0.3, 0.4) is 0 Å². The molecule has 12 heteroatoms. The molecule has 2 aromatic heterocycles. The zero-order valence-corrected chi connectivity index (χ0v) is 16.8. The van der Waals surface area contributed by atoms with E-state index >= 15 is 0 Å². The van der Waals surface area contributed by atoms with E-state index in [-0.39, 0.29) is 24.9 Å². The van der Waals surface area contributed by atoms with Crippen LogP contribution < -0.4 is 10.9 Å². The molecular formula is C19H23F3N6O3. The predicted molar refractivity (Wildman–Crippen MR) is 104 cm³/mol. The maximum Gasteiger partial charge on any atom is 0.451 e. The fourth-order valence-corrected chi connectivity index (χ4v) is 2.93. The second-order valence-electron chi connectivity index (χ2n) is 6.79. The first-order valence-electron chi connectivity index (χ1n) is 9.53. The lowest BCUT2D eigenvalue weighted by atomic mass is 9.99. The fraction of sp³-hybridized carbons (Fsp3) is 0.421. The summed E-state index contributed by atoms with van der Waals surface area (Å²) < 4.78 is 39.6. The number of pyridine rings is 1. The van der Waals surface area contributed by atoms with E-state index in [9.17, 15) is 28.0 Å². The average Bonchev–Trinajstić information content (AvgIpc) is 2.77. The molecule has 0 aromatic carbocycles. The molecular weight excluding hydrogens is 417 g/mol. The summed E-state index contributed by atoms with van der Waals surface area (Å²) in [7, 11) is 0. The second kappa shape index (κ2) is 10.8. The lowest BCUT2D eigenvalue weighted by molar-refractivity contribution is -0.154. The van der Waals surface area contributed by atoms with Gasteiger partial charge >= 0.3 is 6.18 Å². The molecule has 0 saturated heterocycles. The summed E-state index contributed by atoms with van der Waals surface area (Å²) in [5.41, 5.74) is 0.496. The zero-order valence-electron chi connectivity index (χ0n) is 16.8. The molecule has 31 heavy (non-hydrogen) atoms. The Balaban J connectivity index is 2.46. The number of rotatable bonds is 10. The van der Waals surface area contributed by atoms with Gasteiger partial charge in [0.05, 0.1) is 12.5 Å². The molecule has 2 amide bonds. The third kappa shape index (κ3) is 6.43. The van der Waals surface area contributed by atoms with Gasteiger partial charge < -0.3 is 0 Å². The number of carbonyl (C=O) groups is 2. The quantitative estimate of drug-likeness (QED) is 0.145. The van der Waals surface area contributed by atoms with E-state index in [0.717, 1.165) is 19.0 Å². The van der Waals surface area contributed by atoms with Gasteiger partial charge in [0.15, 0.2) is 5.82 Å². The van der Waals surface area contributed by atoms with E-state index in [1.807, 2.05) is 6.92 Å². The summed E-state index contributed by atoms with van der Waals surface area (Å²) >= 11 is 0. The maximum absolute atomic E-state index is 13.2. The topological polar surface area (TPSA) is 126 Å². The Labute approximate surface area is 176 Å². The van der Waals surface area contributed by atoms with Crippen molar-refractivity contribution in [2.24, 2.45) is 11.8 Å². The molecule has 2 rings (SSSR count). The van der Waals surface area contributed by atoms with Crippen LogP contribution in [0.2, 0.25) is 0 Å². The predicted octanol–water partition coefficient (Wildman–Crippen LogP) is 2.81. The van der Waals surface area contributed by atoms with Crippen molar-refractivity contribution in [1.29, 1.82) is 0 Å². The number of hydroxylamine groups is 2. The van der Waals surface area contributed by atoms with Gasteiger partial charge in [0, 0.05) is 24.2 Å². The maximum atomic E-state index is 13.2. The number of hydrogen-bond acceptors (Lipinski definition) is 7. The fourth-order valence-electron chi connectivity index (χ4n) is 2.93. The van der Waals surface area contributed by atoms with Gasteiger partial charge in [-0.15, -0.1) is 0 Å². The van der Waals surface area contributed by atoms with Crippen molar-refractivity contribution in [3.8, 4) is 11.1 Å². The molecule has 1 atom stereocenters. The average molecular weight is 440 g/mol. The molecule has 0 aliphatic rings. The smallest absolute Gasteiger partial charge is 0.286 e. The van der Waals surface area contributed by atoms with Gasteiger partial charge in [-0.3, -0.25) is 19.8 Å². The molecule has 0 bridgehead atoms. The van der Waals surface area contributed by atoms with Gasteiger partial charge in [0.2, 0.25) is 18.1 Å². The normalized spacial score (nSPS) is 12.3. The lowest BCUT2D eigenvalue weighted by Crippen LogP contribution is -2.46. The summed E-state index contributed by atoms with van der Waals surface area (Å²) in [6.45, 7) is 1.60. The molecule has 2 heterocycles. The van der Waals surface area contributed by atoms with Gasteiger partial charge in [-0.05, 0) is 24.1 Å². The first-order chi connectivity index (χ1) is 14.7. The first-order valence-corrected chi connectivity index (χ1v) is 9.53. The van der Waals surface area contributed by atoms with Crippen molar-refractivity contribution < 1.29 is 28.0 Å². The summed E-state index contributed by atoms with van der Waals surface area (Å²) in [6.07, 6.45) is 1.57. The van der Waals surface area contributed by atoms with Crippen molar-refractivity contribution in [3.05, 3.63) is 36.5 Å². The standard InChI is InChI=1S/C19H23F3N6O3/c1-2-3-4-5-14(11-27(31)12-29)17(30)28(23)16-15(13-6-8-24-9-7-13)10-25-18(26-16)19(20,21)22/h6-10,12,14,31H,2-5,11,23H2,1H3/t14-/m1/s1. The number of carbonyl (C=O) groups excluding carboxylic acids is 2. The number of nitrogens with two attached hydrogens (primary N) is 1. The third-order valence-corrected chi connectivity index (χ3v) is 4.51. The Morgan fingerprint density at radius 1 is 1.29 bits per heavy atom. The number of hydrazine groups is 1. The molecule has 9 nitrogen and oxygen atoms in total. The Kier molecular flexibility index (Phi) is 8.39. The number of hydrogen-bond donors (Lipinski definition) is 2. The van der Waals surface area contributed by atoms with E-state index in [4.69, 9.17) is 5.84 Å². The van der Waals surface area contributed by atoms with Crippen LogP contribution in [0, 0.1) is 5.92 Å². The van der Waals surface area contributed by atoms with E-state index in [1.54, 1.807) is 0 Å². The van der Waals surface area contributed by atoms with Crippen LogP contribution in [0.4, 0.5) is 19.0 Å². The SMILES string of the molecule is CCCCC[C@H](CN(O)C=O)C(=O)N(N)c1nc(C(F)(F)F)ncc1-c1ccncc1. The number of alkyl halides is 3. The number of anilines is 1. The largest absolute Gasteiger partial charge is 0.451 e. The van der Waals surface area contributed by atoms with Crippen LogP contribution in [0.1, 0.15) is 38.4 Å². The number of unbranched alkanes of at least 4 members (excludes halogenated alkanes) is 2. The van der Waals surface area contributed by atoms with Crippen LogP contribution in [0.5, 0.6) is 0 Å². The third-order valence-electron chi connectivity index (χ3n) is 4.51. The summed E-state index contributed by atoms with van der Waals surface area (Å²) in [6, 6.07) is 3.02. The number of halogens is 3. The van der Waals surface area contributed by atoms with E-state index in [0.29, 0.717) is 22.1 Å². The first kappa shape index (κ1) is 24.2. The summed E-state index contributed by atoms with van der Waals surface area (Å²) in [5.74, 6) is 2.29. The number of aromatic nitrogens is 3. The zero-order chi connectivity index (χ0) is 23.0. The van der Waals surface area contributed by atoms with Crippen molar-refractivity contribution >= 4 is 18.1 Å². The Hall–Kier alpha value is -3.12. The molecule has 0 unspecified atom stereocenters. The molecule has 2 aromatic rings. The van der Waals surface area contributed by atoms with Gasteiger partial charge in [0.1, 0.15) is 0 Å². The minimum atomic E-state index is -4.85. The molecule has 0 aliphatic carbocycles. The highest BCUT2D eigenvalue weighted by atomic mass is 19.4. The highest BCUT2D eigenvalue weighted by molar-refractivity contribution is 5.96. The molecule has 3 N–H and O–H groups in total. The molecule has 0 radical (unpaired) electrons. The van der Waals surface area contributed by atoms with Crippen LogP contribution in [0.25, 0.3) is 11.1 Å². The van der Waals surface area contributed by atoms with E-state index in [2.05, 4.69) is 15.0 Å². The molecule has 0 spiro atoms. The Morgan fingerprint density at radius 2 is 1.97 bits per heavy atom. The number of amides is 2. The van der Waals surface area contributed by atoms with E-state index < -0.39 is 29.6 Å². The number of nitrogens with zero attached hydrogens (tertiary/aromatic N) is 5. The summed E-state index contributed by atoms with van der Waals surface area (Å²) in [5, 5.41) is 10.4. The molecule has 0 fully saturated rings. The van der Waals surface area contributed by atoms with Crippen molar-refractivity contribution in [3.63, 3.8) is 0 Å². The van der Waals surface area contributed by atoms with Crippen LogP contribution in [-0.4, -0.2) is 44.1 Å². The van der Waals surface area contributed by atoms with Gasteiger partial charge in [-0.2, -0.15) is 13.2 Å². The van der Waals surface area contributed by atoms with Crippen LogP contribution >= 0.6 is 0 Å². The highest BCUT2D eigenvalue weighted by Gasteiger charge is 2.37. The monoisotopic (exact) mass is 440 g/mol. The van der Waals surface area contributed by atoms with Gasteiger partial charge in [0.25, 0.3) is 0 Å². The Morgan fingerprint density at radius 3 is 2.55 bits per heavy atom.